The standard InChI is InChI=1S/C13H18N2O3/c1-17-9-10(14)13(16)15-7-4-8-18-12-6-3-2-5-11(12)15/h2-3,5-6,10H,4,7-9,14H2,1H3. The van der Waals surface area contributed by atoms with Crippen LogP contribution in [-0.4, -0.2) is 38.8 Å². The number of hydrogen-bond donors (Lipinski definition) is 1. The molecule has 2 N–H and O–H groups in total. The number of amides is 1. The lowest BCUT2D eigenvalue weighted by atomic mass is 10.2. The molecule has 0 spiro atoms. The van der Waals surface area contributed by atoms with E-state index in [1.807, 2.05) is 24.3 Å². The largest absolute Gasteiger partial charge is 0.491 e. The van der Waals surface area contributed by atoms with Crippen molar-refractivity contribution in [3.63, 3.8) is 0 Å². The van der Waals surface area contributed by atoms with Gasteiger partial charge in [0.25, 0.3) is 0 Å². The summed E-state index contributed by atoms with van der Waals surface area (Å²) in [5, 5.41) is 0. The van der Waals surface area contributed by atoms with Gasteiger partial charge in [0.15, 0.2) is 0 Å². The minimum Gasteiger partial charge on any atom is -0.491 e. The van der Waals surface area contributed by atoms with Crippen molar-refractivity contribution >= 4 is 11.6 Å². The first-order chi connectivity index (χ1) is 8.74. The summed E-state index contributed by atoms with van der Waals surface area (Å²) >= 11 is 0. The molecular formula is C13H18N2O3. The van der Waals surface area contributed by atoms with E-state index in [-0.39, 0.29) is 12.5 Å². The summed E-state index contributed by atoms with van der Waals surface area (Å²) in [6.07, 6.45) is 0.792. The molecule has 0 radical (unpaired) electrons. The van der Waals surface area contributed by atoms with Gasteiger partial charge in [0.2, 0.25) is 5.91 Å². The Kier molecular flexibility index (Phi) is 4.17. The first-order valence-electron chi connectivity index (χ1n) is 6.01. The number of anilines is 1. The molecule has 0 aliphatic carbocycles. The van der Waals surface area contributed by atoms with Crippen LogP contribution in [0.3, 0.4) is 0 Å². The van der Waals surface area contributed by atoms with Crippen LogP contribution in [0.5, 0.6) is 5.75 Å². The molecule has 0 saturated heterocycles. The molecule has 0 saturated carbocycles. The molecule has 98 valence electrons. The van der Waals surface area contributed by atoms with Crippen LogP contribution in [0, 0.1) is 0 Å². The number of para-hydroxylation sites is 2. The van der Waals surface area contributed by atoms with Crippen LogP contribution in [0.25, 0.3) is 0 Å². The van der Waals surface area contributed by atoms with Gasteiger partial charge in [-0.15, -0.1) is 0 Å². The number of nitrogens with two attached hydrogens (primary N) is 1. The molecule has 18 heavy (non-hydrogen) atoms. The van der Waals surface area contributed by atoms with E-state index in [4.69, 9.17) is 15.2 Å². The third-order valence-electron chi connectivity index (χ3n) is 2.87. The van der Waals surface area contributed by atoms with E-state index in [1.54, 1.807) is 4.90 Å². The average Bonchev–Trinajstić information content (AvgIpc) is 2.60. The highest BCUT2D eigenvalue weighted by atomic mass is 16.5. The normalized spacial score (nSPS) is 16.4. The summed E-state index contributed by atoms with van der Waals surface area (Å²) in [5.74, 6) is 0.600. The first kappa shape index (κ1) is 12.9. The van der Waals surface area contributed by atoms with Crippen LogP contribution in [0.15, 0.2) is 24.3 Å². The van der Waals surface area contributed by atoms with Gasteiger partial charge in [-0.3, -0.25) is 4.79 Å². The zero-order valence-electron chi connectivity index (χ0n) is 10.5. The first-order valence-corrected chi connectivity index (χ1v) is 6.01. The lowest BCUT2D eigenvalue weighted by molar-refractivity contribution is -0.120. The minimum absolute atomic E-state index is 0.130. The van der Waals surface area contributed by atoms with E-state index in [2.05, 4.69) is 0 Å². The molecule has 1 atom stereocenters. The molecule has 1 aliphatic heterocycles. The number of fused-ring (bicyclic) bond motifs is 1. The third-order valence-corrected chi connectivity index (χ3v) is 2.87. The fraction of sp³-hybridized carbons (Fsp3) is 0.462. The molecule has 1 unspecified atom stereocenters. The van der Waals surface area contributed by atoms with Gasteiger partial charge in [0.05, 0.1) is 18.9 Å². The Bertz CT molecular complexity index is 422. The van der Waals surface area contributed by atoms with Crippen molar-refractivity contribution in [3.8, 4) is 5.75 Å². The quantitative estimate of drug-likeness (QED) is 0.860. The van der Waals surface area contributed by atoms with E-state index < -0.39 is 6.04 Å². The topological polar surface area (TPSA) is 64.8 Å². The highest BCUT2D eigenvalue weighted by Gasteiger charge is 2.25. The van der Waals surface area contributed by atoms with E-state index in [9.17, 15) is 4.79 Å². The Hall–Kier alpha value is -1.59. The Morgan fingerprint density at radius 2 is 2.33 bits per heavy atom. The Labute approximate surface area is 106 Å². The Morgan fingerprint density at radius 3 is 3.11 bits per heavy atom. The van der Waals surface area contributed by atoms with E-state index >= 15 is 0 Å². The van der Waals surface area contributed by atoms with Gasteiger partial charge in [0, 0.05) is 13.7 Å². The van der Waals surface area contributed by atoms with Gasteiger partial charge in [-0.1, -0.05) is 12.1 Å². The molecule has 1 aromatic rings. The molecule has 0 bridgehead atoms. The van der Waals surface area contributed by atoms with Crippen molar-refractivity contribution in [2.75, 3.05) is 31.8 Å². The van der Waals surface area contributed by atoms with Gasteiger partial charge in [-0.2, -0.15) is 0 Å². The van der Waals surface area contributed by atoms with Crippen molar-refractivity contribution in [2.24, 2.45) is 5.73 Å². The van der Waals surface area contributed by atoms with E-state index in [1.165, 1.54) is 7.11 Å². The molecule has 1 aromatic carbocycles. The summed E-state index contributed by atoms with van der Waals surface area (Å²) in [6.45, 7) is 1.45. The Morgan fingerprint density at radius 1 is 1.56 bits per heavy atom. The predicted octanol–water partition coefficient (Wildman–Crippen LogP) is 0.776. The van der Waals surface area contributed by atoms with Gasteiger partial charge < -0.3 is 20.1 Å². The molecule has 2 rings (SSSR count). The maximum Gasteiger partial charge on any atom is 0.246 e. The number of hydrogen-bond acceptors (Lipinski definition) is 4. The van der Waals surface area contributed by atoms with Crippen LogP contribution >= 0.6 is 0 Å². The highest BCUT2D eigenvalue weighted by Crippen LogP contribution is 2.30. The van der Waals surface area contributed by atoms with Crippen molar-refractivity contribution in [1.82, 2.24) is 0 Å². The van der Waals surface area contributed by atoms with Crippen LogP contribution < -0.4 is 15.4 Å². The lowest BCUT2D eigenvalue weighted by Gasteiger charge is -2.24. The number of benzene rings is 1. The zero-order chi connectivity index (χ0) is 13.0. The van der Waals surface area contributed by atoms with Crippen LogP contribution in [0.4, 0.5) is 5.69 Å². The molecule has 1 heterocycles. The average molecular weight is 250 g/mol. The number of carbonyl (C=O) groups excluding carboxylic acids is 1. The highest BCUT2D eigenvalue weighted by molar-refractivity contribution is 5.98. The van der Waals surface area contributed by atoms with Crippen molar-refractivity contribution in [3.05, 3.63) is 24.3 Å². The van der Waals surface area contributed by atoms with Crippen molar-refractivity contribution < 1.29 is 14.3 Å². The number of methoxy groups -OCH3 is 1. The summed E-state index contributed by atoms with van der Waals surface area (Å²) in [6, 6.07) is 6.87. The van der Waals surface area contributed by atoms with Crippen molar-refractivity contribution in [2.45, 2.75) is 12.5 Å². The zero-order valence-corrected chi connectivity index (χ0v) is 10.5. The number of rotatable bonds is 3. The molecule has 1 amide bonds. The number of carbonyl (C=O) groups is 1. The van der Waals surface area contributed by atoms with Crippen LogP contribution in [0.2, 0.25) is 0 Å². The molecule has 5 heteroatoms. The lowest BCUT2D eigenvalue weighted by Crippen LogP contribution is -2.46. The maximum atomic E-state index is 12.3. The monoisotopic (exact) mass is 250 g/mol. The molecule has 0 aromatic heterocycles. The van der Waals surface area contributed by atoms with Crippen molar-refractivity contribution in [1.29, 1.82) is 0 Å². The fourth-order valence-electron chi connectivity index (χ4n) is 2.01. The second-order valence-corrected chi connectivity index (χ2v) is 4.22. The molecule has 0 fully saturated rings. The van der Waals surface area contributed by atoms with Gasteiger partial charge in [0.1, 0.15) is 11.8 Å². The van der Waals surface area contributed by atoms with Gasteiger partial charge >= 0.3 is 0 Å². The molecule has 1 aliphatic rings. The second kappa shape index (κ2) is 5.84. The molecule has 5 nitrogen and oxygen atoms in total. The van der Waals surface area contributed by atoms with Crippen LogP contribution in [0.1, 0.15) is 6.42 Å². The number of nitrogens with zero attached hydrogens (tertiary/aromatic N) is 1. The second-order valence-electron chi connectivity index (χ2n) is 4.22. The maximum absolute atomic E-state index is 12.3. The predicted molar refractivity (Wildman–Crippen MR) is 68.8 cm³/mol. The SMILES string of the molecule is COCC(N)C(=O)N1CCCOc2ccccc21. The minimum atomic E-state index is -0.638. The summed E-state index contributed by atoms with van der Waals surface area (Å²) in [7, 11) is 1.53. The van der Waals surface area contributed by atoms with Gasteiger partial charge in [-0.05, 0) is 18.6 Å². The van der Waals surface area contributed by atoms with Gasteiger partial charge in [-0.25, -0.2) is 0 Å². The number of ether oxygens (including phenoxy) is 2. The summed E-state index contributed by atoms with van der Waals surface area (Å²) < 4.78 is 10.5. The van der Waals surface area contributed by atoms with E-state index in [0.29, 0.717) is 13.2 Å². The molecular weight excluding hydrogens is 232 g/mol. The summed E-state index contributed by atoms with van der Waals surface area (Å²) in [4.78, 5) is 14.0. The summed E-state index contributed by atoms with van der Waals surface area (Å²) in [5.41, 5.74) is 6.59. The van der Waals surface area contributed by atoms with E-state index in [0.717, 1.165) is 17.9 Å². The fourth-order valence-corrected chi connectivity index (χ4v) is 2.01. The third kappa shape index (κ3) is 2.63. The Balaban J connectivity index is 2.24. The van der Waals surface area contributed by atoms with Crippen LogP contribution in [-0.2, 0) is 9.53 Å². The smallest absolute Gasteiger partial charge is 0.246 e.